The Morgan fingerprint density at radius 3 is 2.59 bits per heavy atom. The van der Waals surface area contributed by atoms with Gasteiger partial charge in [0.05, 0.1) is 5.69 Å². The van der Waals surface area contributed by atoms with Gasteiger partial charge in [0.2, 0.25) is 0 Å². The van der Waals surface area contributed by atoms with E-state index in [0.29, 0.717) is 0 Å². The number of rotatable bonds is 1. The van der Waals surface area contributed by atoms with Crippen molar-refractivity contribution in [2.45, 2.75) is 6.92 Å². The third-order valence-corrected chi connectivity index (χ3v) is 2.96. The van der Waals surface area contributed by atoms with Gasteiger partial charge < -0.3 is 4.40 Å². The molecule has 0 radical (unpaired) electrons. The van der Waals surface area contributed by atoms with Gasteiger partial charge in [-0.25, -0.2) is 9.97 Å². The van der Waals surface area contributed by atoms with Crippen LogP contribution in [0.15, 0.2) is 47.3 Å². The lowest BCUT2D eigenvalue weighted by Gasteiger charge is -2.03. The second-order valence-electron chi connectivity index (χ2n) is 3.89. The molecule has 1 aromatic carbocycles. The maximum Gasteiger partial charge on any atom is 0.163 e. The molecule has 3 nitrogen and oxygen atoms in total. The number of halogens is 1. The number of imidazole rings is 1. The maximum atomic E-state index is 4.52. The molecule has 0 bridgehead atoms. The van der Waals surface area contributed by atoms with Crippen molar-refractivity contribution in [2.24, 2.45) is 0 Å². The van der Waals surface area contributed by atoms with Crippen molar-refractivity contribution in [1.82, 2.24) is 14.4 Å². The summed E-state index contributed by atoms with van der Waals surface area (Å²) in [7, 11) is 0. The lowest BCUT2D eigenvalue weighted by Crippen LogP contribution is -1.92. The fourth-order valence-electron chi connectivity index (χ4n) is 1.88. The number of benzene rings is 1. The molecule has 2 heterocycles. The SMILES string of the molecule is Cc1cn2cc(Br)nc(-c3ccccc3)c2n1. The first kappa shape index (κ1) is 10.5. The molecule has 17 heavy (non-hydrogen) atoms. The lowest BCUT2D eigenvalue weighted by atomic mass is 10.1. The molecule has 0 saturated carbocycles. The molecule has 0 N–H and O–H groups in total. The Morgan fingerprint density at radius 1 is 1.06 bits per heavy atom. The smallest absolute Gasteiger partial charge is 0.163 e. The highest BCUT2D eigenvalue weighted by molar-refractivity contribution is 9.10. The minimum absolute atomic E-state index is 0.807. The fourth-order valence-corrected chi connectivity index (χ4v) is 2.28. The average Bonchev–Trinajstić information content (AvgIpc) is 2.69. The summed E-state index contributed by atoms with van der Waals surface area (Å²) >= 11 is 3.43. The molecule has 2 aromatic heterocycles. The first-order valence-corrected chi connectivity index (χ1v) is 6.10. The summed E-state index contributed by atoms with van der Waals surface area (Å²) in [5.41, 5.74) is 3.84. The van der Waals surface area contributed by atoms with Crippen LogP contribution in [0.4, 0.5) is 0 Å². The van der Waals surface area contributed by atoms with Crippen LogP contribution in [-0.4, -0.2) is 14.4 Å². The number of fused-ring (bicyclic) bond motifs is 1. The van der Waals surface area contributed by atoms with Gasteiger partial charge >= 0.3 is 0 Å². The molecule has 84 valence electrons. The summed E-state index contributed by atoms with van der Waals surface area (Å²) in [5, 5.41) is 0. The van der Waals surface area contributed by atoms with Gasteiger partial charge in [0.1, 0.15) is 10.3 Å². The number of hydrogen-bond acceptors (Lipinski definition) is 2. The van der Waals surface area contributed by atoms with Crippen LogP contribution in [0.25, 0.3) is 16.9 Å². The highest BCUT2D eigenvalue weighted by Gasteiger charge is 2.09. The zero-order valence-corrected chi connectivity index (χ0v) is 10.8. The van der Waals surface area contributed by atoms with E-state index >= 15 is 0 Å². The molecule has 4 heteroatoms. The number of aromatic nitrogens is 3. The molecule has 0 spiro atoms. The zero-order valence-electron chi connectivity index (χ0n) is 9.26. The predicted octanol–water partition coefficient (Wildman–Crippen LogP) is 3.47. The monoisotopic (exact) mass is 287 g/mol. The zero-order chi connectivity index (χ0) is 11.8. The van der Waals surface area contributed by atoms with E-state index in [-0.39, 0.29) is 0 Å². The Balaban J connectivity index is 2.35. The lowest BCUT2D eigenvalue weighted by molar-refractivity contribution is 1.11. The minimum Gasteiger partial charge on any atom is -0.302 e. The van der Waals surface area contributed by atoms with Crippen molar-refractivity contribution in [1.29, 1.82) is 0 Å². The highest BCUT2D eigenvalue weighted by atomic mass is 79.9. The molecule has 0 saturated heterocycles. The van der Waals surface area contributed by atoms with Crippen molar-refractivity contribution in [3.8, 4) is 11.3 Å². The van der Waals surface area contributed by atoms with Crippen molar-refractivity contribution in [3.05, 3.63) is 53.0 Å². The van der Waals surface area contributed by atoms with Gasteiger partial charge in [0, 0.05) is 18.0 Å². The van der Waals surface area contributed by atoms with Gasteiger partial charge in [-0.05, 0) is 22.9 Å². The predicted molar refractivity (Wildman–Crippen MR) is 70.9 cm³/mol. The third kappa shape index (κ3) is 1.85. The Bertz CT molecular complexity index is 674. The van der Waals surface area contributed by atoms with Crippen molar-refractivity contribution in [3.63, 3.8) is 0 Å². The average molecular weight is 288 g/mol. The van der Waals surface area contributed by atoms with Crippen LogP contribution < -0.4 is 0 Å². The molecule has 0 fully saturated rings. The summed E-state index contributed by atoms with van der Waals surface area (Å²) in [5.74, 6) is 0. The normalized spacial score (nSPS) is 10.9. The van der Waals surface area contributed by atoms with Crippen LogP contribution in [0.2, 0.25) is 0 Å². The van der Waals surface area contributed by atoms with Gasteiger partial charge in [-0.2, -0.15) is 0 Å². The molecule has 0 aliphatic carbocycles. The van der Waals surface area contributed by atoms with Gasteiger partial charge in [-0.1, -0.05) is 30.3 Å². The summed E-state index contributed by atoms with van der Waals surface area (Å²) in [4.78, 5) is 9.03. The Morgan fingerprint density at radius 2 is 1.82 bits per heavy atom. The Kier molecular flexibility index (Phi) is 2.44. The fraction of sp³-hybridized carbons (Fsp3) is 0.0769. The molecular formula is C13H10BrN3. The minimum atomic E-state index is 0.807. The van der Waals surface area contributed by atoms with Gasteiger partial charge in [-0.15, -0.1) is 0 Å². The van der Waals surface area contributed by atoms with Crippen LogP contribution in [0.3, 0.4) is 0 Å². The molecule has 3 aromatic rings. The Hall–Kier alpha value is -1.68. The van der Waals surface area contributed by atoms with E-state index in [4.69, 9.17) is 0 Å². The maximum absolute atomic E-state index is 4.52. The van der Waals surface area contributed by atoms with Crippen LogP contribution in [0.5, 0.6) is 0 Å². The van der Waals surface area contributed by atoms with Crippen molar-refractivity contribution >= 4 is 21.6 Å². The van der Waals surface area contributed by atoms with Crippen molar-refractivity contribution < 1.29 is 0 Å². The molecule has 0 atom stereocenters. The van der Waals surface area contributed by atoms with Crippen LogP contribution in [0, 0.1) is 6.92 Å². The largest absolute Gasteiger partial charge is 0.302 e. The van der Waals surface area contributed by atoms with Crippen LogP contribution in [-0.2, 0) is 0 Å². The number of aryl methyl sites for hydroxylation is 1. The molecule has 0 aliphatic heterocycles. The third-order valence-electron chi connectivity index (χ3n) is 2.58. The molecule has 3 rings (SSSR count). The summed E-state index contributed by atoms with van der Waals surface area (Å²) in [6.07, 6.45) is 3.91. The summed E-state index contributed by atoms with van der Waals surface area (Å²) in [6.45, 7) is 1.98. The van der Waals surface area contributed by atoms with E-state index in [1.807, 2.05) is 54.0 Å². The van der Waals surface area contributed by atoms with E-state index in [2.05, 4.69) is 25.9 Å². The molecular weight excluding hydrogens is 278 g/mol. The van der Waals surface area contributed by atoms with E-state index in [9.17, 15) is 0 Å². The highest BCUT2D eigenvalue weighted by Crippen LogP contribution is 2.24. The van der Waals surface area contributed by atoms with Crippen LogP contribution in [0.1, 0.15) is 5.69 Å². The summed E-state index contributed by atoms with van der Waals surface area (Å²) < 4.78 is 2.80. The number of nitrogens with zero attached hydrogens (tertiary/aromatic N) is 3. The van der Waals surface area contributed by atoms with E-state index in [1.54, 1.807) is 0 Å². The quantitative estimate of drug-likeness (QED) is 0.686. The van der Waals surface area contributed by atoms with E-state index < -0.39 is 0 Å². The van der Waals surface area contributed by atoms with Crippen LogP contribution >= 0.6 is 15.9 Å². The van der Waals surface area contributed by atoms with Gasteiger partial charge in [0.25, 0.3) is 0 Å². The topological polar surface area (TPSA) is 30.2 Å². The first-order chi connectivity index (χ1) is 8.24. The first-order valence-electron chi connectivity index (χ1n) is 5.31. The van der Waals surface area contributed by atoms with E-state index in [1.165, 1.54) is 0 Å². The number of hydrogen-bond donors (Lipinski definition) is 0. The second-order valence-corrected chi connectivity index (χ2v) is 4.70. The van der Waals surface area contributed by atoms with Crippen molar-refractivity contribution in [2.75, 3.05) is 0 Å². The second kappa shape index (κ2) is 3.96. The standard InChI is InChI=1S/C13H10BrN3/c1-9-7-17-8-11(14)16-12(13(17)15-9)10-5-3-2-4-6-10/h2-8H,1H3. The Labute approximate surface area is 107 Å². The molecule has 0 aliphatic rings. The summed E-state index contributed by atoms with van der Waals surface area (Å²) in [6, 6.07) is 10.1. The molecule has 0 amide bonds. The van der Waals surface area contributed by atoms with Gasteiger partial charge in [0.15, 0.2) is 5.65 Å². The molecule has 0 unspecified atom stereocenters. The van der Waals surface area contributed by atoms with E-state index in [0.717, 1.165) is 27.2 Å². The van der Waals surface area contributed by atoms with Gasteiger partial charge in [-0.3, -0.25) is 0 Å².